The van der Waals surface area contributed by atoms with E-state index in [4.69, 9.17) is 0 Å². The molecule has 0 spiro atoms. The molecule has 0 aliphatic carbocycles. The molecule has 0 N–H and O–H groups in total. The molecule has 1 aromatic carbocycles. The fourth-order valence-corrected chi connectivity index (χ4v) is 5.18. The van der Waals surface area contributed by atoms with Gasteiger partial charge in [-0.05, 0) is 49.4 Å². The van der Waals surface area contributed by atoms with Gasteiger partial charge in [0.2, 0.25) is 0 Å². The van der Waals surface area contributed by atoms with Crippen LogP contribution in [0.25, 0.3) is 11.5 Å². The van der Waals surface area contributed by atoms with Gasteiger partial charge < -0.3 is 4.90 Å². The normalized spacial score (nSPS) is 21.4. The first-order valence-electron chi connectivity index (χ1n) is 9.61. The molecule has 0 bridgehead atoms. The SMILES string of the molecule is O=C1c2ccc(F)cc2CC[C@@H]2CC[C@H](c3nc(-c4ncc(F)cn4)cs3)CN12. The van der Waals surface area contributed by atoms with Crippen molar-refractivity contribution in [3.63, 3.8) is 0 Å². The highest BCUT2D eigenvalue weighted by Crippen LogP contribution is 2.37. The Bertz CT molecular complexity index is 1070. The molecule has 0 radical (unpaired) electrons. The van der Waals surface area contributed by atoms with Gasteiger partial charge in [-0.3, -0.25) is 4.79 Å². The summed E-state index contributed by atoms with van der Waals surface area (Å²) in [6, 6.07) is 4.62. The van der Waals surface area contributed by atoms with Crippen LogP contribution in [0.5, 0.6) is 0 Å². The molecule has 2 aliphatic heterocycles. The van der Waals surface area contributed by atoms with E-state index in [1.807, 2.05) is 10.3 Å². The maximum absolute atomic E-state index is 13.6. The fraction of sp³-hybridized carbons (Fsp3) is 0.333. The van der Waals surface area contributed by atoms with Gasteiger partial charge in [0.05, 0.1) is 17.4 Å². The van der Waals surface area contributed by atoms with E-state index in [9.17, 15) is 13.6 Å². The summed E-state index contributed by atoms with van der Waals surface area (Å²) in [6.45, 7) is 0.595. The summed E-state index contributed by atoms with van der Waals surface area (Å²) in [6.07, 6.45) is 5.66. The minimum absolute atomic E-state index is 0.0224. The van der Waals surface area contributed by atoms with E-state index in [0.29, 0.717) is 30.0 Å². The van der Waals surface area contributed by atoms with E-state index >= 15 is 0 Å². The average Bonchev–Trinajstić information content (AvgIpc) is 3.18. The molecule has 0 saturated carbocycles. The molecule has 4 heterocycles. The summed E-state index contributed by atoms with van der Waals surface area (Å²) in [4.78, 5) is 27.7. The van der Waals surface area contributed by atoms with Gasteiger partial charge in [-0.15, -0.1) is 11.3 Å². The van der Waals surface area contributed by atoms with Crippen LogP contribution in [0.15, 0.2) is 36.0 Å². The van der Waals surface area contributed by atoms with E-state index in [0.717, 1.165) is 42.2 Å². The lowest BCUT2D eigenvalue weighted by atomic mass is 9.91. The lowest BCUT2D eigenvalue weighted by molar-refractivity contribution is 0.0588. The summed E-state index contributed by atoms with van der Waals surface area (Å²) in [5.41, 5.74) is 2.02. The molecule has 29 heavy (non-hydrogen) atoms. The van der Waals surface area contributed by atoms with Gasteiger partial charge >= 0.3 is 0 Å². The number of benzene rings is 1. The van der Waals surface area contributed by atoms with Crippen molar-refractivity contribution in [1.82, 2.24) is 19.9 Å². The van der Waals surface area contributed by atoms with Crippen LogP contribution >= 0.6 is 11.3 Å². The lowest BCUT2D eigenvalue weighted by Crippen LogP contribution is -2.45. The van der Waals surface area contributed by atoms with Crippen LogP contribution < -0.4 is 0 Å². The summed E-state index contributed by atoms with van der Waals surface area (Å²) >= 11 is 1.52. The molecule has 2 aliphatic rings. The third-order valence-corrected chi connectivity index (χ3v) is 6.74. The Morgan fingerprint density at radius 3 is 2.72 bits per heavy atom. The Labute approximate surface area is 170 Å². The number of hydrogen-bond acceptors (Lipinski definition) is 5. The molecule has 1 fully saturated rings. The number of thiazole rings is 1. The van der Waals surface area contributed by atoms with Crippen molar-refractivity contribution in [3.8, 4) is 11.5 Å². The van der Waals surface area contributed by atoms with Gasteiger partial charge in [-0.2, -0.15) is 0 Å². The van der Waals surface area contributed by atoms with Gasteiger partial charge in [0.15, 0.2) is 11.6 Å². The predicted molar refractivity (Wildman–Crippen MR) is 105 cm³/mol. The summed E-state index contributed by atoms with van der Waals surface area (Å²) in [5, 5.41) is 2.81. The van der Waals surface area contributed by atoms with Crippen molar-refractivity contribution in [2.45, 2.75) is 37.6 Å². The van der Waals surface area contributed by atoms with Gasteiger partial charge in [0.25, 0.3) is 5.91 Å². The van der Waals surface area contributed by atoms with Crippen LogP contribution in [-0.4, -0.2) is 38.3 Å². The molecule has 2 atom stereocenters. The topological polar surface area (TPSA) is 59.0 Å². The quantitative estimate of drug-likeness (QED) is 0.633. The largest absolute Gasteiger partial charge is 0.335 e. The molecule has 0 unspecified atom stereocenters. The second-order valence-corrected chi connectivity index (χ2v) is 8.41. The smallest absolute Gasteiger partial charge is 0.254 e. The number of carbonyl (C=O) groups is 1. The highest BCUT2D eigenvalue weighted by Gasteiger charge is 2.36. The lowest BCUT2D eigenvalue weighted by Gasteiger charge is -2.38. The fourth-order valence-electron chi connectivity index (χ4n) is 4.25. The number of halogens is 2. The number of fused-ring (bicyclic) bond motifs is 2. The Morgan fingerprint density at radius 2 is 1.90 bits per heavy atom. The number of amides is 1. The molecule has 1 saturated heterocycles. The van der Waals surface area contributed by atoms with Crippen molar-refractivity contribution in [3.05, 3.63) is 63.7 Å². The molecule has 5 nitrogen and oxygen atoms in total. The van der Waals surface area contributed by atoms with Crippen molar-refractivity contribution < 1.29 is 13.6 Å². The maximum Gasteiger partial charge on any atom is 0.254 e. The van der Waals surface area contributed by atoms with Crippen LogP contribution in [0.1, 0.15) is 46.1 Å². The number of rotatable bonds is 2. The highest BCUT2D eigenvalue weighted by atomic mass is 32.1. The van der Waals surface area contributed by atoms with Crippen molar-refractivity contribution in [2.75, 3.05) is 6.54 Å². The Balaban J connectivity index is 1.39. The van der Waals surface area contributed by atoms with E-state index in [-0.39, 0.29) is 23.7 Å². The highest BCUT2D eigenvalue weighted by molar-refractivity contribution is 7.10. The third-order valence-electron chi connectivity index (χ3n) is 5.73. The molecule has 5 rings (SSSR count). The van der Waals surface area contributed by atoms with Crippen molar-refractivity contribution in [1.29, 1.82) is 0 Å². The second-order valence-electron chi connectivity index (χ2n) is 7.52. The zero-order valence-corrected chi connectivity index (χ0v) is 16.3. The van der Waals surface area contributed by atoms with E-state index in [2.05, 4.69) is 15.0 Å². The minimum Gasteiger partial charge on any atom is -0.335 e. The number of hydrogen-bond donors (Lipinski definition) is 0. The van der Waals surface area contributed by atoms with Crippen LogP contribution in [0.4, 0.5) is 8.78 Å². The zero-order valence-electron chi connectivity index (χ0n) is 15.5. The zero-order chi connectivity index (χ0) is 20.0. The van der Waals surface area contributed by atoms with Crippen LogP contribution in [0.3, 0.4) is 0 Å². The first-order valence-corrected chi connectivity index (χ1v) is 10.5. The molecule has 1 amide bonds. The monoisotopic (exact) mass is 412 g/mol. The van der Waals surface area contributed by atoms with Crippen LogP contribution in [0, 0.1) is 11.6 Å². The minimum atomic E-state index is -0.484. The number of carbonyl (C=O) groups excluding carboxylic acids is 1. The molecular weight excluding hydrogens is 394 g/mol. The van der Waals surface area contributed by atoms with Gasteiger partial charge in [-0.25, -0.2) is 23.7 Å². The molecule has 2 aromatic heterocycles. The van der Waals surface area contributed by atoms with Crippen molar-refractivity contribution in [2.24, 2.45) is 0 Å². The van der Waals surface area contributed by atoms with Gasteiger partial charge in [0.1, 0.15) is 11.5 Å². The average molecular weight is 412 g/mol. The first-order chi connectivity index (χ1) is 14.1. The molecule has 3 aromatic rings. The van der Waals surface area contributed by atoms with Crippen molar-refractivity contribution >= 4 is 17.2 Å². The first kappa shape index (κ1) is 18.3. The third kappa shape index (κ3) is 3.42. The number of aryl methyl sites for hydroxylation is 1. The van der Waals surface area contributed by atoms with Gasteiger partial charge in [0, 0.05) is 29.4 Å². The Kier molecular flexibility index (Phi) is 4.58. The summed E-state index contributed by atoms with van der Waals surface area (Å²) < 4.78 is 26.7. The van der Waals surface area contributed by atoms with E-state index in [1.165, 1.54) is 23.5 Å². The number of nitrogens with zero attached hydrogens (tertiary/aromatic N) is 4. The standard InChI is InChI=1S/C21H18F2N4OS/c22-14-3-6-17-12(7-14)1-4-16-5-2-13(10-27(16)21(17)28)20-26-18(11-29-20)19-24-8-15(23)9-25-19/h3,6-9,11,13,16H,1-2,4-5,10H2/t13-,16+/m0/s1. The summed E-state index contributed by atoms with van der Waals surface area (Å²) in [5.74, 6) is -0.276. The summed E-state index contributed by atoms with van der Waals surface area (Å²) in [7, 11) is 0. The Hall–Kier alpha value is -2.74. The molecule has 148 valence electrons. The van der Waals surface area contributed by atoms with Gasteiger partial charge in [-0.1, -0.05) is 0 Å². The predicted octanol–water partition coefficient (Wildman–Crippen LogP) is 4.21. The second kappa shape index (κ2) is 7.26. The van der Waals surface area contributed by atoms with E-state index in [1.54, 1.807) is 6.07 Å². The van der Waals surface area contributed by atoms with Crippen LogP contribution in [-0.2, 0) is 6.42 Å². The molecular formula is C21H18F2N4OS. The van der Waals surface area contributed by atoms with Crippen LogP contribution in [0.2, 0.25) is 0 Å². The number of piperidine rings is 1. The Morgan fingerprint density at radius 1 is 1.07 bits per heavy atom. The molecule has 8 heteroatoms. The maximum atomic E-state index is 13.6. The number of aromatic nitrogens is 3. The van der Waals surface area contributed by atoms with E-state index < -0.39 is 5.82 Å².